The van der Waals surface area contributed by atoms with Gasteiger partial charge in [-0.1, -0.05) is 29.8 Å². The van der Waals surface area contributed by atoms with Crippen molar-refractivity contribution in [2.75, 3.05) is 5.32 Å². The van der Waals surface area contributed by atoms with Crippen molar-refractivity contribution in [1.82, 2.24) is 0 Å². The van der Waals surface area contributed by atoms with E-state index in [1.165, 1.54) is 18.2 Å². The Hall–Kier alpha value is -2.29. The zero-order valence-corrected chi connectivity index (χ0v) is 13.5. The maximum Gasteiger partial charge on any atom is 0.266 e. The first-order valence-corrected chi connectivity index (χ1v) is 7.34. The van der Waals surface area contributed by atoms with Gasteiger partial charge in [0, 0.05) is 16.3 Å². The maximum atomic E-state index is 12.1. The molecule has 0 aromatic heterocycles. The predicted molar refractivity (Wildman–Crippen MR) is 89.5 cm³/mol. The molecule has 0 aliphatic rings. The molecule has 0 aliphatic carbocycles. The highest BCUT2D eigenvalue weighted by Crippen LogP contribution is 2.32. The van der Waals surface area contributed by atoms with E-state index in [0.29, 0.717) is 15.2 Å². The Balaban J connectivity index is 2.32. The van der Waals surface area contributed by atoms with Crippen LogP contribution in [0.4, 0.5) is 5.69 Å². The van der Waals surface area contributed by atoms with E-state index >= 15 is 0 Å². The van der Waals surface area contributed by atoms with Crippen LogP contribution in [0.3, 0.4) is 0 Å². The van der Waals surface area contributed by atoms with Crippen LogP contribution in [0.25, 0.3) is 6.08 Å². The number of nitrogens with one attached hydrogen (secondary N) is 1. The quantitative estimate of drug-likeness (QED) is 0.617. The lowest BCUT2D eigenvalue weighted by atomic mass is 10.1. The number of amides is 1. The van der Waals surface area contributed by atoms with Crippen LogP contribution in [0.5, 0.6) is 5.75 Å². The largest absolute Gasteiger partial charge is 0.506 e. The van der Waals surface area contributed by atoms with E-state index in [1.807, 2.05) is 12.1 Å². The van der Waals surface area contributed by atoms with E-state index in [4.69, 9.17) is 16.9 Å². The number of para-hydroxylation sites is 1. The van der Waals surface area contributed by atoms with Crippen LogP contribution in [0.1, 0.15) is 5.56 Å². The highest BCUT2D eigenvalue weighted by Gasteiger charge is 2.12. The number of hydrogen-bond acceptors (Lipinski definition) is 3. The van der Waals surface area contributed by atoms with Crippen LogP contribution in [-0.4, -0.2) is 11.0 Å². The fraction of sp³-hybridized carbons (Fsp3) is 0. The van der Waals surface area contributed by atoms with Crippen molar-refractivity contribution in [1.29, 1.82) is 5.26 Å². The zero-order chi connectivity index (χ0) is 16.1. The highest BCUT2D eigenvalue weighted by molar-refractivity contribution is 9.10. The van der Waals surface area contributed by atoms with Gasteiger partial charge in [0.2, 0.25) is 0 Å². The molecule has 0 saturated carbocycles. The average molecular weight is 378 g/mol. The summed E-state index contributed by atoms with van der Waals surface area (Å²) < 4.78 is 0.381. The molecule has 0 aliphatic heterocycles. The molecule has 4 nitrogen and oxygen atoms in total. The van der Waals surface area contributed by atoms with Crippen molar-refractivity contribution in [3.63, 3.8) is 0 Å². The summed E-state index contributed by atoms with van der Waals surface area (Å²) in [5.41, 5.74) is 0.706. The Morgan fingerprint density at radius 2 is 2.00 bits per heavy atom. The van der Waals surface area contributed by atoms with E-state index in [2.05, 4.69) is 21.2 Å². The highest BCUT2D eigenvalue weighted by atomic mass is 79.9. The van der Waals surface area contributed by atoms with Gasteiger partial charge in [-0.3, -0.25) is 4.79 Å². The van der Waals surface area contributed by atoms with Gasteiger partial charge in [-0.25, -0.2) is 0 Å². The SMILES string of the molecule is N#C/C(=C/c1cc(Cl)cc(Br)c1O)C(=O)Nc1ccccc1. The van der Waals surface area contributed by atoms with Gasteiger partial charge in [-0.05, 0) is 46.3 Å². The summed E-state index contributed by atoms with van der Waals surface area (Å²) in [6.45, 7) is 0. The first kappa shape index (κ1) is 16.1. The van der Waals surface area contributed by atoms with Gasteiger partial charge in [0.25, 0.3) is 5.91 Å². The number of hydrogen-bond donors (Lipinski definition) is 2. The Morgan fingerprint density at radius 1 is 1.32 bits per heavy atom. The molecule has 0 unspecified atom stereocenters. The monoisotopic (exact) mass is 376 g/mol. The van der Waals surface area contributed by atoms with Crippen LogP contribution in [0.15, 0.2) is 52.5 Å². The molecule has 0 heterocycles. The molecule has 0 spiro atoms. The van der Waals surface area contributed by atoms with Crippen molar-refractivity contribution >= 4 is 45.2 Å². The van der Waals surface area contributed by atoms with Gasteiger partial charge in [0.15, 0.2) is 0 Å². The van der Waals surface area contributed by atoms with Crippen LogP contribution in [-0.2, 0) is 4.79 Å². The number of phenolic OH excluding ortho intramolecular Hbond substituents is 1. The fourth-order valence-electron chi connectivity index (χ4n) is 1.72. The van der Waals surface area contributed by atoms with Gasteiger partial charge in [-0.2, -0.15) is 5.26 Å². The zero-order valence-electron chi connectivity index (χ0n) is 11.2. The van der Waals surface area contributed by atoms with Crippen LogP contribution in [0, 0.1) is 11.3 Å². The number of benzene rings is 2. The molecule has 6 heteroatoms. The summed E-state index contributed by atoms with van der Waals surface area (Å²) in [7, 11) is 0. The molecule has 2 N–H and O–H groups in total. The van der Waals surface area contributed by atoms with Crippen LogP contribution in [0.2, 0.25) is 5.02 Å². The summed E-state index contributed by atoms with van der Waals surface area (Å²) in [4.78, 5) is 12.1. The third-order valence-corrected chi connectivity index (χ3v) is 3.58. The predicted octanol–water partition coefficient (Wildman–Crippen LogP) is 4.35. The van der Waals surface area contributed by atoms with Gasteiger partial charge in [-0.15, -0.1) is 0 Å². The molecule has 22 heavy (non-hydrogen) atoms. The van der Waals surface area contributed by atoms with Crippen molar-refractivity contribution in [3.05, 3.63) is 63.1 Å². The second kappa shape index (κ2) is 7.12. The first-order valence-electron chi connectivity index (χ1n) is 6.17. The van der Waals surface area contributed by atoms with Gasteiger partial charge in [0.1, 0.15) is 17.4 Å². The van der Waals surface area contributed by atoms with Crippen LogP contribution < -0.4 is 5.32 Å². The molecule has 2 aromatic carbocycles. The van der Waals surface area contributed by atoms with E-state index < -0.39 is 5.91 Å². The first-order chi connectivity index (χ1) is 10.5. The number of phenols is 1. The maximum absolute atomic E-state index is 12.1. The number of rotatable bonds is 3. The standard InChI is InChI=1S/C16H10BrClN2O2/c17-14-8-12(18)7-10(15(14)21)6-11(9-19)16(22)20-13-4-2-1-3-5-13/h1-8,21H,(H,20,22)/b11-6-. The minimum atomic E-state index is -0.566. The van der Waals surface area contributed by atoms with Gasteiger partial charge >= 0.3 is 0 Å². The molecule has 2 aromatic rings. The number of anilines is 1. The second-order valence-electron chi connectivity index (χ2n) is 4.32. The minimum absolute atomic E-state index is 0.0929. The number of aromatic hydroxyl groups is 1. The summed E-state index contributed by atoms with van der Waals surface area (Å²) in [5.74, 6) is -0.658. The molecular formula is C16H10BrClN2O2. The average Bonchev–Trinajstić information content (AvgIpc) is 2.50. The summed E-state index contributed by atoms with van der Waals surface area (Å²) in [5, 5.41) is 22.1. The van der Waals surface area contributed by atoms with Crippen molar-refractivity contribution in [2.45, 2.75) is 0 Å². The molecule has 0 bridgehead atoms. The van der Waals surface area contributed by atoms with Gasteiger partial charge in [0.05, 0.1) is 4.47 Å². The van der Waals surface area contributed by atoms with E-state index in [1.54, 1.807) is 24.3 Å². The summed E-state index contributed by atoms with van der Waals surface area (Å²) in [6, 6.07) is 13.6. The third kappa shape index (κ3) is 3.88. The molecule has 0 saturated heterocycles. The van der Waals surface area contributed by atoms with Crippen molar-refractivity contribution in [3.8, 4) is 11.8 Å². The number of carbonyl (C=O) groups excluding carboxylic acids is 1. The normalized spacial score (nSPS) is 10.9. The fourth-order valence-corrected chi connectivity index (χ4v) is 2.55. The van der Waals surface area contributed by atoms with E-state index in [9.17, 15) is 9.90 Å². The van der Waals surface area contributed by atoms with Crippen molar-refractivity contribution in [2.24, 2.45) is 0 Å². The van der Waals surface area contributed by atoms with Crippen molar-refractivity contribution < 1.29 is 9.90 Å². The smallest absolute Gasteiger partial charge is 0.266 e. The number of nitrogens with zero attached hydrogens (tertiary/aromatic N) is 1. The number of carbonyl (C=O) groups is 1. The lowest BCUT2D eigenvalue weighted by molar-refractivity contribution is -0.112. The summed E-state index contributed by atoms with van der Waals surface area (Å²) in [6.07, 6.45) is 1.28. The van der Waals surface area contributed by atoms with Gasteiger partial charge < -0.3 is 10.4 Å². The molecular weight excluding hydrogens is 368 g/mol. The van der Waals surface area contributed by atoms with E-state index in [-0.39, 0.29) is 16.9 Å². The second-order valence-corrected chi connectivity index (χ2v) is 5.61. The minimum Gasteiger partial charge on any atom is -0.506 e. The van der Waals surface area contributed by atoms with Crippen LogP contribution >= 0.6 is 27.5 Å². The molecule has 110 valence electrons. The third-order valence-electron chi connectivity index (χ3n) is 2.75. The number of nitriles is 1. The Morgan fingerprint density at radius 3 is 2.64 bits per heavy atom. The molecule has 1 amide bonds. The van der Waals surface area contributed by atoms with E-state index in [0.717, 1.165) is 0 Å². The Labute approximate surface area is 140 Å². The topological polar surface area (TPSA) is 73.1 Å². The molecule has 0 fully saturated rings. The Kier molecular flexibility index (Phi) is 5.21. The Bertz CT molecular complexity index is 783. The lowest BCUT2D eigenvalue weighted by Gasteiger charge is -2.06. The molecule has 0 radical (unpaired) electrons. The molecule has 2 rings (SSSR count). The molecule has 0 atom stereocenters. The summed E-state index contributed by atoms with van der Waals surface area (Å²) >= 11 is 9.06. The number of halogens is 2. The lowest BCUT2D eigenvalue weighted by Crippen LogP contribution is -2.13.